The van der Waals surface area contributed by atoms with Crippen LogP contribution in [0.4, 0.5) is 0 Å². The molecule has 2 amide bonds. The third-order valence-corrected chi connectivity index (χ3v) is 5.80. The van der Waals surface area contributed by atoms with E-state index in [1.165, 1.54) is 19.2 Å². The molecule has 0 bridgehead atoms. The average molecular weight is 396 g/mol. The van der Waals surface area contributed by atoms with Crippen molar-refractivity contribution < 1.29 is 14.7 Å². The lowest BCUT2D eigenvalue weighted by Gasteiger charge is -2.15. The number of hydrogen-bond acceptors (Lipinski definition) is 5. The summed E-state index contributed by atoms with van der Waals surface area (Å²) in [7, 11) is 1.49. The van der Waals surface area contributed by atoms with Gasteiger partial charge in [-0.3, -0.25) is 9.59 Å². The van der Waals surface area contributed by atoms with Gasteiger partial charge in [-0.15, -0.1) is 0 Å². The SMILES string of the molecule is CNC(=O)c1cc(C(=O)N[C@H]2[C@H](CN)C2(C)C)cc(C(O)c2cccc(C)c2)n1. The second-order valence-electron chi connectivity index (χ2n) is 8.18. The molecule has 1 fully saturated rings. The molecule has 1 aromatic carbocycles. The van der Waals surface area contributed by atoms with Crippen molar-refractivity contribution in [3.63, 3.8) is 0 Å². The van der Waals surface area contributed by atoms with Gasteiger partial charge in [0.1, 0.15) is 11.8 Å². The van der Waals surface area contributed by atoms with Crippen LogP contribution in [0.25, 0.3) is 0 Å². The van der Waals surface area contributed by atoms with Crippen molar-refractivity contribution in [3.8, 4) is 0 Å². The minimum Gasteiger partial charge on any atom is -0.382 e. The molecule has 1 saturated carbocycles. The van der Waals surface area contributed by atoms with Gasteiger partial charge in [0.05, 0.1) is 5.69 Å². The molecule has 1 aliphatic carbocycles. The Balaban J connectivity index is 1.94. The van der Waals surface area contributed by atoms with E-state index >= 15 is 0 Å². The zero-order chi connectivity index (χ0) is 21.3. The number of benzene rings is 1. The van der Waals surface area contributed by atoms with Crippen LogP contribution in [0.5, 0.6) is 0 Å². The Labute approximate surface area is 170 Å². The molecule has 154 valence electrons. The number of aryl methyl sites for hydroxylation is 1. The summed E-state index contributed by atoms with van der Waals surface area (Å²) >= 11 is 0. The highest BCUT2D eigenvalue weighted by Gasteiger charge is 2.57. The van der Waals surface area contributed by atoms with Gasteiger partial charge in [0.2, 0.25) is 0 Å². The molecule has 7 heteroatoms. The van der Waals surface area contributed by atoms with Crippen molar-refractivity contribution in [2.75, 3.05) is 13.6 Å². The maximum atomic E-state index is 12.9. The second-order valence-corrected chi connectivity index (χ2v) is 8.18. The molecule has 0 saturated heterocycles. The highest BCUT2D eigenvalue weighted by atomic mass is 16.3. The maximum absolute atomic E-state index is 12.9. The number of aromatic nitrogens is 1. The van der Waals surface area contributed by atoms with Crippen molar-refractivity contribution in [1.29, 1.82) is 0 Å². The number of nitrogens with one attached hydrogen (secondary N) is 2. The highest BCUT2D eigenvalue weighted by molar-refractivity contribution is 5.99. The lowest BCUT2D eigenvalue weighted by Crippen LogP contribution is -2.30. The highest BCUT2D eigenvalue weighted by Crippen LogP contribution is 2.51. The molecule has 2 aromatic rings. The summed E-state index contributed by atoms with van der Waals surface area (Å²) in [6, 6.07) is 10.3. The first kappa shape index (κ1) is 21.0. The number of pyridine rings is 1. The number of carbonyl (C=O) groups is 2. The van der Waals surface area contributed by atoms with E-state index in [1.54, 1.807) is 6.07 Å². The summed E-state index contributed by atoms with van der Waals surface area (Å²) in [5.41, 5.74) is 7.95. The zero-order valence-electron chi connectivity index (χ0n) is 17.2. The van der Waals surface area contributed by atoms with Crippen LogP contribution in [-0.4, -0.2) is 41.5 Å². The quantitative estimate of drug-likeness (QED) is 0.591. The standard InChI is InChI=1S/C22H28N4O3/c1-12-6-5-7-13(8-12)18(27)16-9-14(10-17(25-16)21(29)24-4)20(28)26-19-15(11-23)22(19,2)3/h5-10,15,18-19,27H,11,23H2,1-4H3,(H,24,29)(H,26,28)/t15-,18?,19-/m0/s1. The van der Waals surface area contributed by atoms with E-state index in [4.69, 9.17) is 5.73 Å². The molecule has 1 heterocycles. The Morgan fingerprint density at radius 2 is 1.97 bits per heavy atom. The minimum atomic E-state index is -1.06. The number of amides is 2. The Kier molecular flexibility index (Phi) is 5.73. The van der Waals surface area contributed by atoms with Gasteiger partial charge in [0.25, 0.3) is 11.8 Å². The first-order valence-corrected chi connectivity index (χ1v) is 9.68. The van der Waals surface area contributed by atoms with Gasteiger partial charge in [0, 0.05) is 18.7 Å². The van der Waals surface area contributed by atoms with Gasteiger partial charge in [-0.2, -0.15) is 0 Å². The monoisotopic (exact) mass is 396 g/mol. The van der Waals surface area contributed by atoms with Gasteiger partial charge >= 0.3 is 0 Å². The van der Waals surface area contributed by atoms with Crippen LogP contribution in [0.15, 0.2) is 36.4 Å². The Morgan fingerprint density at radius 1 is 1.24 bits per heavy atom. The first-order valence-electron chi connectivity index (χ1n) is 9.68. The van der Waals surface area contributed by atoms with E-state index < -0.39 is 12.0 Å². The van der Waals surface area contributed by atoms with Gasteiger partial charge in [-0.1, -0.05) is 43.7 Å². The summed E-state index contributed by atoms with van der Waals surface area (Å²) in [5, 5.41) is 16.3. The van der Waals surface area contributed by atoms with Crippen LogP contribution in [0.2, 0.25) is 0 Å². The molecule has 3 atom stereocenters. The van der Waals surface area contributed by atoms with Gasteiger partial charge in [-0.25, -0.2) is 4.98 Å². The number of aliphatic hydroxyl groups excluding tert-OH is 1. The van der Waals surface area contributed by atoms with Crippen LogP contribution in [0.3, 0.4) is 0 Å². The zero-order valence-corrected chi connectivity index (χ0v) is 17.2. The lowest BCUT2D eigenvalue weighted by molar-refractivity contribution is 0.0945. The molecular weight excluding hydrogens is 368 g/mol. The minimum absolute atomic E-state index is 0.0261. The molecule has 5 N–H and O–H groups in total. The average Bonchev–Trinajstić information content (AvgIpc) is 3.24. The third-order valence-electron chi connectivity index (χ3n) is 5.80. The summed E-state index contributed by atoms with van der Waals surface area (Å²) in [5.74, 6) is -0.530. The molecule has 7 nitrogen and oxygen atoms in total. The van der Waals surface area contributed by atoms with Gasteiger partial charge in [-0.05, 0) is 42.5 Å². The summed E-state index contributed by atoms with van der Waals surface area (Å²) in [6.45, 7) is 6.54. The lowest BCUT2D eigenvalue weighted by atomic mass is 10.0. The third kappa shape index (κ3) is 4.16. The second kappa shape index (κ2) is 7.93. The van der Waals surface area contributed by atoms with Crippen molar-refractivity contribution in [2.24, 2.45) is 17.1 Å². The number of nitrogens with zero attached hydrogens (tertiary/aromatic N) is 1. The fourth-order valence-corrected chi connectivity index (χ4v) is 3.77. The summed E-state index contributed by atoms with van der Waals surface area (Å²) in [6.07, 6.45) is -1.06. The van der Waals surface area contributed by atoms with E-state index in [9.17, 15) is 14.7 Å². The number of carbonyl (C=O) groups excluding carboxylic acids is 2. The van der Waals surface area contributed by atoms with Crippen LogP contribution in [0.1, 0.15) is 57.6 Å². The summed E-state index contributed by atoms with van der Waals surface area (Å²) < 4.78 is 0. The molecule has 1 aliphatic rings. The first-order chi connectivity index (χ1) is 13.7. The van der Waals surface area contributed by atoms with E-state index in [1.807, 2.05) is 25.1 Å². The molecular formula is C22H28N4O3. The molecule has 0 radical (unpaired) electrons. The fourth-order valence-electron chi connectivity index (χ4n) is 3.77. The van der Waals surface area contributed by atoms with Crippen LogP contribution < -0.4 is 16.4 Å². The Hall–Kier alpha value is -2.77. The van der Waals surface area contributed by atoms with Gasteiger partial charge < -0.3 is 21.5 Å². The van der Waals surface area contributed by atoms with Crippen LogP contribution in [-0.2, 0) is 0 Å². The Bertz CT molecular complexity index is 941. The Morgan fingerprint density at radius 3 is 2.55 bits per heavy atom. The van der Waals surface area contributed by atoms with Crippen molar-refractivity contribution >= 4 is 11.8 Å². The molecule has 1 unspecified atom stereocenters. The fraction of sp³-hybridized carbons (Fsp3) is 0.409. The van der Waals surface area contributed by atoms with Gasteiger partial charge in [0.15, 0.2) is 0 Å². The summed E-state index contributed by atoms with van der Waals surface area (Å²) in [4.78, 5) is 29.4. The molecule has 3 rings (SSSR count). The molecule has 1 aromatic heterocycles. The molecule has 0 aliphatic heterocycles. The number of nitrogens with two attached hydrogens (primary N) is 1. The van der Waals surface area contributed by atoms with Crippen molar-refractivity contribution in [2.45, 2.75) is 32.9 Å². The van der Waals surface area contributed by atoms with E-state index in [0.717, 1.165) is 5.56 Å². The van der Waals surface area contributed by atoms with E-state index in [0.29, 0.717) is 12.1 Å². The van der Waals surface area contributed by atoms with Crippen molar-refractivity contribution in [3.05, 3.63) is 64.5 Å². The predicted molar refractivity (Wildman–Crippen MR) is 110 cm³/mol. The maximum Gasteiger partial charge on any atom is 0.269 e. The van der Waals surface area contributed by atoms with Crippen LogP contribution >= 0.6 is 0 Å². The largest absolute Gasteiger partial charge is 0.382 e. The van der Waals surface area contributed by atoms with E-state index in [-0.39, 0.29) is 40.2 Å². The molecule has 29 heavy (non-hydrogen) atoms. The topological polar surface area (TPSA) is 117 Å². The van der Waals surface area contributed by atoms with Crippen molar-refractivity contribution in [1.82, 2.24) is 15.6 Å². The number of hydrogen-bond donors (Lipinski definition) is 4. The molecule has 0 spiro atoms. The number of rotatable bonds is 6. The normalized spacial score (nSPS) is 20.6. The van der Waals surface area contributed by atoms with Crippen LogP contribution in [0, 0.1) is 18.3 Å². The predicted octanol–water partition coefficient (Wildman–Crippen LogP) is 1.54. The van der Waals surface area contributed by atoms with E-state index in [2.05, 4.69) is 29.5 Å². The smallest absolute Gasteiger partial charge is 0.269 e. The number of aliphatic hydroxyl groups is 1.